The molecule has 0 heterocycles. The lowest BCUT2D eigenvalue weighted by molar-refractivity contribution is 0.253. The van der Waals surface area contributed by atoms with Gasteiger partial charge in [-0.1, -0.05) is 23.7 Å². The van der Waals surface area contributed by atoms with Gasteiger partial charge in [0.15, 0.2) is 9.84 Å². The molecule has 3 N–H and O–H groups in total. The Morgan fingerprint density at radius 1 is 1.17 bits per heavy atom. The first-order valence-corrected chi connectivity index (χ1v) is 9.30. The summed E-state index contributed by atoms with van der Waals surface area (Å²) in [6, 6.07) is 13.0. The number of rotatable bonds is 5. The van der Waals surface area contributed by atoms with E-state index in [1.165, 1.54) is 24.3 Å². The maximum Gasteiger partial charge on any atom is 0.183 e. The van der Waals surface area contributed by atoms with Gasteiger partial charge >= 0.3 is 0 Å². The van der Waals surface area contributed by atoms with E-state index >= 15 is 0 Å². The predicted molar refractivity (Wildman–Crippen MR) is 92.2 cm³/mol. The predicted octanol–water partition coefficient (Wildman–Crippen LogP) is 1.98. The van der Waals surface area contributed by atoms with Crippen LogP contribution in [0.25, 0.3) is 0 Å². The molecular weight excluding hydrogens is 350 g/mol. The molecule has 0 amide bonds. The van der Waals surface area contributed by atoms with Gasteiger partial charge in [0.1, 0.15) is 5.75 Å². The number of sulfone groups is 1. The Kier molecular flexibility index (Phi) is 4.34. The Hall–Kier alpha value is -1.60. The molecule has 7 heteroatoms. The molecule has 24 heavy (non-hydrogen) atoms. The van der Waals surface area contributed by atoms with Gasteiger partial charge in [0.05, 0.1) is 29.4 Å². The first-order chi connectivity index (χ1) is 11.3. The van der Waals surface area contributed by atoms with Crippen molar-refractivity contribution in [2.24, 2.45) is 5.73 Å². The molecule has 2 aromatic carbocycles. The highest BCUT2D eigenvalue weighted by Gasteiger charge is 2.69. The van der Waals surface area contributed by atoms with Crippen molar-refractivity contribution in [3.8, 4) is 5.75 Å². The third kappa shape index (κ3) is 2.69. The zero-order chi connectivity index (χ0) is 17.5. The van der Waals surface area contributed by atoms with E-state index in [1.54, 1.807) is 31.4 Å². The van der Waals surface area contributed by atoms with Crippen LogP contribution in [0.1, 0.15) is 11.5 Å². The molecule has 1 aliphatic rings. The zero-order valence-corrected chi connectivity index (χ0v) is 14.6. The second-order valence-electron chi connectivity index (χ2n) is 5.94. The van der Waals surface area contributed by atoms with Gasteiger partial charge < -0.3 is 15.6 Å². The zero-order valence-electron chi connectivity index (χ0n) is 13.0. The van der Waals surface area contributed by atoms with E-state index in [0.717, 1.165) is 5.56 Å². The van der Waals surface area contributed by atoms with Gasteiger partial charge in [-0.25, -0.2) is 8.42 Å². The standard InChI is InChI=1S/C17H18ClNO4S/c1-23-13-6-2-11(3-7-13)15-16(17(15,19)10-20)24(21,22)14-8-4-12(18)5-9-14/h2-9,15-16,20H,10,19H2,1H3/t15-,16-,17-/m1/s1. The molecule has 0 radical (unpaired) electrons. The minimum atomic E-state index is -3.69. The minimum absolute atomic E-state index is 0.149. The first-order valence-electron chi connectivity index (χ1n) is 7.38. The van der Waals surface area contributed by atoms with Crippen molar-refractivity contribution in [3.05, 3.63) is 59.1 Å². The monoisotopic (exact) mass is 367 g/mol. The van der Waals surface area contributed by atoms with Gasteiger partial charge in [-0.05, 0) is 42.0 Å². The Labute approximate surface area is 145 Å². The van der Waals surface area contributed by atoms with Crippen LogP contribution in [0.15, 0.2) is 53.4 Å². The van der Waals surface area contributed by atoms with E-state index in [1.807, 2.05) is 0 Å². The number of ether oxygens (including phenoxy) is 1. The second kappa shape index (κ2) is 6.04. The summed E-state index contributed by atoms with van der Waals surface area (Å²) in [5.41, 5.74) is 5.76. The fraction of sp³-hybridized carbons (Fsp3) is 0.294. The molecule has 0 aromatic heterocycles. The summed E-state index contributed by atoms with van der Waals surface area (Å²) in [6.45, 7) is -0.415. The fourth-order valence-corrected chi connectivity index (χ4v) is 5.57. The lowest BCUT2D eigenvalue weighted by Gasteiger charge is -2.08. The third-order valence-electron chi connectivity index (χ3n) is 4.53. The van der Waals surface area contributed by atoms with Gasteiger partial charge in [-0.2, -0.15) is 0 Å². The molecule has 1 fully saturated rings. The summed E-state index contributed by atoms with van der Waals surface area (Å²) in [6.07, 6.45) is 0. The molecule has 3 rings (SSSR count). The highest BCUT2D eigenvalue weighted by Crippen LogP contribution is 2.55. The van der Waals surface area contributed by atoms with Crippen LogP contribution < -0.4 is 10.5 Å². The number of halogens is 1. The van der Waals surface area contributed by atoms with Crippen LogP contribution in [0.3, 0.4) is 0 Å². The van der Waals surface area contributed by atoms with Gasteiger partial charge in [0, 0.05) is 10.9 Å². The molecule has 2 aromatic rings. The van der Waals surface area contributed by atoms with E-state index in [2.05, 4.69) is 0 Å². The van der Waals surface area contributed by atoms with Crippen molar-refractivity contribution in [2.75, 3.05) is 13.7 Å². The largest absolute Gasteiger partial charge is 0.497 e. The number of aliphatic hydroxyl groups is 1. The molecule has 3 atom stereocenters. The van der Waals surface area contributed by atoms with Crippen molar-refractivity contribution in [1.82, 2.24) is 0 Å². The SMILES string of the molecule is COc1ccc([C@@H]2[C@@H](S(=O)(=O)c3ccc(Cl)cc3)[C@@]2(N)CO)cc1. The van der Waals surface area contributed by atoms with Crippen LogP contribution in [0.5, 0.6) is 5.75 Å². The lowest BCUT2D eigenvalue weighted by Crippen LogP contribution is -2.35. The molecule has 1 saturated carbocycles. The number of hydrogen-bond acceptors (Lipinski definition) is 5. The van der Waals surface area contributed by atoms with E-state index in [0.29, 0.717) is 10.8 Å². The van der Waals surface area contributed by atoms with E-state index in [4.69, 9.17) is 22.1 Å². The van der Waals surface area contributed by atoms with Crippen molar-refractivity contribution in [3.63, 3.8) is 0 Å². The summed E-state index contributed by atoms with van der Waals surface area (Å²) in [5.74, 6) is 0.192. The lowest BCUT2D eigenvalue weighted by atomic mass is 10.1. The van der Waals surface area contributed by atoms with Crippen molar-refractivity contribution >= 4 is 21.4 Å². The second-order valence-corrected chi connectivity index (χ2v) is 8.45. The quantitative estimate of drug-likeness (QED) is 0.843. The van der Waals surface area contributed by atoms with Gasteiger partial charge in [-0.3, -0.25) is 0 Å². The average Bonchev–Trinajstić information content (AvgIpc) is 3.23. The van der Waals surface area contributed by atoms with Gasteiger partial charge in [0.25, 0.3) is 0 Å². The van der Waals surface area contributed by atoms with E-state index < -0.39 is 33.2 Å². The highest BCUT2D eigenvalue weighted by molar-refractivity contribution is 7.92. The van der Waals surface area contributed by atoms with Gasteiger partial charge in [0.2, 0.25) is 0 Å². The molecular formula is C17H18ClNO4S. The van der Waals surface area contributed by atoms with Crippen LogP contribution in [0.2, 0.25) is 5.02 Å². The summed E-state index contributed by atoms with van der Waals surface area (Å²) in [4.78, 5) is 0.149. The molecule has 0 unspecified atom stereocenters. The summed E-state index contributed by atoms with van der Waals surface area (Å²) >= 11 is 5.82. The van der Waals surface area contributed by atoms with Crippen molar-refractivity contribution in [1.29, 1.82) is 0 Å². The highest BCUT2D eigenvalue weighted by atomic mass is 35.5. The number of hydrogen-bond donors (Lipinski definition) is 2. The molecule has 0 bridgehead atoms. The molecule has 0 saturated heterocycles. The van der Waals surface area contributed by atoms with Gasteiger partial charge in [-0.15, -0.1) is 0 Å². The minimum Gasteiger partial charge on any atom is -0.497 e. The Morgan fingerprint density at radius 3 is 2.25 bits per heavy atom. The van der Waals surface area contributed by atoms with Crippen molar-refractivity contribution < 1.29 is 18.3 Å². The fourth-order valence-electron chi connectivity index (χ4n) is 3.15. The Bertz CT molecular complexity index is 836. The Balaban J connectivity index is 1.98. The number of nitrogens with two attached hydrogens (primary N) is 1. The smallest absolute Gasteiger partial charge is 0.183 e. The molecule has 5 nitrogen and oxygen atoms in total. The molecule has 0 spiro atoms. The number of benzene rings is 2. The summed E-state index contributed by atoms with van der Waals surface area (Å²) in [5, 5.41) is 9.26. The Morgan fingerprint density at radius 2 is 1.75 bits per heavy atom. The topological polar surface area (TPSA) is 89.6 Å². The molecule has 128 valence electrons. The first kappa shape index (κ1) is 17.2. The summed E-state index contributed by atoms with van der Waals surface area (Å²) in [7, 11) is -2.13. The van der Waals surface area contributed by atoms with Crippen LogP contribution >= 0.6 is 11.6 Å². The maximum absolute atomic E-state index is 12.9. The van der Waals surface area contributed by atoms with Crippen LogP contribution in [-0.2, 0) is 9.84 Å². The normalized spacial score (nSPS) is 26.2. The average molecular weight is 368 g/mol. The molecule has 0 aliphatic heterocycles. The maximum atomic E-state index is 12.9. The molecule has 1 aliphatic carbocycles. The van der Waals surface area contributed by atoms with Crippen molar-refractivity contribution in [2.45, 2.75) is 21.6 Å². The summed E-state index contributed by atoms with van der Waals surface area (Å²) < 4.78 is 31.0. The number of methoxy groups -OCH3 is 1. The van der Waals surface area contributed by atoms with Crippen LogP contribution in [-0.4, -0.2) is 38.0 Å². The van der Waals surface area contributed by atoms with E-state index in [9.17, 15) is 13.5 Å². The number of aliphatic hydroxyl groups excluding tert-OH is 1. The van der Waals surface area contributed by atoms with E-state index in [-0.39, 0.29) is 4.90 Å². The third-order valence-corrected chi connectivity index (χ3v) is 7.09. The van der Waals surface area contributed by atoms with Crippen LogP contribution in [0.4, 0.5) is 0 Å². The van der Waals surface area contributed by atoms with Crippen LogP contribution in [0, 0.1) is 0 Å².